The number of benzene rings is 2. The van der Waals surface area contributed by atoms with Gasteiger partial charge in [-0.05, 0) is 29.3 Å². The fourth-order valence-electron chi connectivity index (χ4n) is 3.35. The van der Waals surface area contributed by atoms with Crippen molar-refractivity contribution in [2.24, 2.45) is 0 Å². The summed E-state index contributed by atoms with van der Waals surface area (Å²) in [7, 11) is 3.01. The highest BCUT2D eigenvalue weighted by molar-refractivity contribution is 5.91. The molecule has 1 unspecified atom stereocenters. The van der Waals surface area contributed by atoms with E-state index in [1.807, 2.05) is 59.5 Å². The molecule has 5 heteroatoms. The highest BCUT2D eigenvalue weighted by Crippen LogP contribution is 2.31. The fourth-order valence-corrected chi connectivity index (χ4v) is 3.35. The minimum absolute atomic E-state index is 0.0492. The highest BCUT2D eigenvalue weighted by Gasteiger charge is 2.34. The largest absolute Gasteiger partial charge is 0.497 e. The van der Waals surface area contributed by atoms with Gasteiger partial charge in [0.25, 0.3) is 0 Å². The summed E-state index contributed by atoms with van der Waals surface area (Å²) >= 11 is 0. The molecule has 3 rings (SSSR count). The molecule has 0 saturated carbocycles. The van der Waals surface area contributed by atoms with Gasteiger partial charge in [0.05, 0.1) is 20.3 Å². The average molecular weight is 365 g/mol. The summed E-state index contributed by atoms with van der Waals surface area (Å²) in [5.74, 6) is 0.484. The SMILES string of the molecule is COC(=O)[C@H](Cc1ccc(OC)cc1)N1C=CC(=O)CC1c1ccccc1. The maximum Gasteiger partial charge on any atom is 0.328 e. The van der Waals surface area contributed by atoms with Crippen LogP contribution in [0.2, 0.25) is 0 Å². The van der Waals surface area contributed by atoms with E-state index in [0.29, 0.717) is 12.8 Å². The number of hydrogen-bond acceptors (Lipinski definition) is 5. The number of carbonyl (C=O) groups excluding carboxylic acids is 2. The van der Waals surface area contributed by atoms with Crippen molar-refractivity contribution in [3.63, 3.8) is 0 Å². The minimum Gasteiger partial charge on any atom is -0.497 e. The Hall–Kier alpha value is -3.08. The first-order chi connectivity index (χ1) is 13.1. The van der Waals surface area contributed by atoms with E-state index in [1.165, 1.54) is 13.2 Å². The zero-order valence-corrected chi connectivity index (χ0v) is 15.5. The normalized spacial score (nSPS) is 17.5. The van der Waals surface area contributed by atoms with Crippen LogP contribution >= 0.6 is 0 Å². The second kappa shape index (κ2) is 8.54. The molecule has 0 saturated heterocycles. The topological polar surface area (TPSA) is 55.8 Å². The zero-order valence-electron chi connectivity index (χ0n) is 15.5. The van der Waals surface area contributed by atoms with Crippen molar-refractivity contribution < 1.29 is 19.1 Å². The monoisotopic (exact) mass is 365 g/mol. The van der Waals surface area contributed by atoms with E-state index in [9.17, 15) is 9.59 Å². The van der Waals surface area contributed by atoms with Crippen LogP contribution in [0.15, 0.2) is 66.9 Å². The van der Waals surface area contributed by atoms with Crippen LogP contribution in [0.25, 0.3) is 0 Å². The summed E-state index contributed by atoms with van der Waals surface area (Å²) < 4.78 is 10.3. The van der Waals surface area contributed by atoms with Crippen LogP contribution in [-0.2, 0) is 20.7 Å². The quantitative estimate of drug-likeness (QED) is 0.735. The Balaban J connectivity index is 1.92. The van der Waals surface area contributed by atoms with Crippen molar-refractivity contribution in [3.05, 3.63) is 78.0 Å². The average Bonchev–Trinajstić information content (AvgIpc) is 2.72. The van der Waals surface area contributed by atoms with Gasteiger partial charge in [-0.1, -0.05) is 42.5 Å². The lowest BCUT2D eigenvalue weighted by molar-refractivity contribution is -0.147. The van der Waals surface area contributed by atoms with Gasteiger partial charge in [0, 0.05) is 19.0 Å². The number of ketones is 1. The first-order valence-electron chi connectivity index (χ1n) is 8.86. The van der Waals surface area contributed by atoms with Crippen molar-refractivity contribution in [1.82, 2.24) is 4.90 Å². The Kier molecular flexibility index (Phi) is 5.91. The molecule has 0 N–H and O–H groups in total. The lowest BCUT2D eigenvalue weighted by atomic mass is 9.94. The summed E-state index contributed by atoms with van der Waals surface area (Å²) in [5, 5.41) is 0. The van der Waals surface area contributed by atoms with E-state index >= 15 is 0 Å². The Morgan fingerprint density at radius 3 is 2.44 bits per heavy atom. The van der Waals surface area contributed by atoms with Gasteiger partial charge in [0.15, 0.2) is 5.78 Å². The molecular formula is C22H23NO4. The molecule has 2 aromatic carbocycles. The van der Waals surface area contributed by atoms with Gasteiger partial charge in [-0.25, -0.2) is 4.79 Å². The van der Waals surface area contributed by atoms with Crippen molar-refractivity contribution in [1.29, 1.82) is 0 Å². The van der Waals surface area contributed by atoms with Crippen molar-refractivity contribution in [3.8, 4) is 5.75 Å². The predicted octanol–water partition coefficient (Wildman–Crippen LogP) is 3.31. The Morgan fingerprint density at radius 2 is 1.81 bits per heavy atom. The molecule has 2 atom stereocenters. The van der Waals surface area contributed by atoms with Gasteiger partial charge < -0.3 is 14.4 Å². The van der Waals surface area contributed by atoms with Crippen LogP contribution in [0, 0.1) is 0 Å². The van der Waals surface area contributed by atoms with Crippen LogP contribution in [0.1, 0.15) is 23.6 Å². The number of carbonyl (C=O) groups is 2. The summed E-state index contributed by atoms with van der Waals surface area (Å²) in [5.41, 5.74) is 1.99. The van der Waals surface area contributed by atoms with E-state index in [1.54, 1.807) is 13.3 Å². The van der Waals surface area contributed by atoms with E-state index in [-0.39, 0.29) is 17.8 Å². The van der Waals surface area contributed by atoms with Gasteiger partial charge in [0.2, 0.25) is 0 Å². The van der Waals surface area contributed by atoms with Gasteiger partial charge >= 0.3 is 5.97 Å². The second-order valence-electron chi connectivity index (χ2n) is 6.45. The lowest BCUT2D eigenvalue weighted by Crippen LogP contribution is -2.44. The van der Waals surface area contributed by atoms with Crippen molar-refractivity contribution in [2.45, 2.75) is 24.9 Å². The molecule has 0 radical (unpaired) electrons. The molecule has 0 fully saturated rings. The Labute approximate surface area is 159 Å². The molecule has 2 aromatic rings. The molecule has 5 nitrogen and oxygen atoms in total. The molecule has 0 amide bonds. The first kappa shape index (κ1) is 18.7. The molecule has 27 heavy (non-hydrogen) atoms. The predicted molar refractivity (Wildman–Crippen MR) is 102 cm³/mol. The summed E-state index contributed by atoms with van der Waals surface area (Å²) in [6.45, 7) is 0. The molecule has 1 aliphatic rings. The van der Waals surface area contributed by atoms with Crippen LogP contribution in [0.4, 0.5) is 0 Å². The molecule has 140 valence electrons. The summed E-state index contributed by atoms with van der Waals surface area (Å²) in [4.78, 5) is 26.6. The number of methoxy groups -OCH3 is 2. The van der Waals surface area contributed by atoms with Crippen LogP contribution in [0.3, 0.4) is 0 Å². The Morgan fingerprint density at radius 1 is 1.11 bits per heavy atom. The summed E-state index contributed by atoms with van der Waals surface area (Å²) in [6, 6.07) is 16.6. The molecule has 0 bridgehead atoms. The van der Waals surface area contributed by atoms with Crippen LogP contribution in [0.5, 0.6) is 5.75 Å². The molecule has 0 aliphatic carbocycles. The van der Waals surface area contributed by atoms with E-state index in [0.717, 1.165) is 16.9 Å². The van der Waals surface area contributed by atoms with E-state index in [2.05, 4.69) is 0 Å². The zero-order chi connectivity index (χ0) is 19.2. The van der Waals surface area contributed by atoms with Crippen molar-refractivity contribution >= 4 is 11.8 Å². The molecule has 1 aliphatic heterocycles. The smallest absolute Gasteiger partial charge is 0.328 e. The second-order valence-corrected chi connectivity index (χ2v) is 6.45. The fraction of sp³-hybridized carbons (Fsp3) is 0.273. The third-order valence-electron chi connectivity index (χ3n) is 4.79. The number of hydrogen-bond donors (Lipinski definition) is 0. The molecular weight excluding hydrogens is 342 g/mol. The van der Waals surface area contributed by atoms with Gasteiger partial charge in [0.1, 0.15) is 11.8 Å². The molecule has 0 aromatic heterocycles. The highest BCUT2D eigenvalue weighted by atomic mass is 16.5. The Bertz CT molecular complexity index is 814. The van der Waals surface area contributed by atoms with E-state index < -0.39 is 6.04 Å². The number of rotatable bonds is 6. The van der Waals surface area contributed by atoms with Crippen LogP contribution in [-0.4, -0.2) is 36.9 Å². The summed E-state index contributed by atoms with van der Waals surface area (Å²) in [6.07, 6.45) is 4.05. The standard InChI is InChI=1S/C22H23NO4/c1-26-19-10-8-16(9-11-19)14-21(22(25)27-2)23-13-12-18(24)15-20(23)17-6-4-3-5-7-17/h3-13,20-21H,14-15H2,1-2H3/t20?,21-/m0/s1. The minimum atomic E-state index is -0.530. The van der Waals surface area contributed by atoms with Gasteiger partial charge in [-0.15, -0.1) is 0 Å². The third kappa shape index (κ3) is 4.37. The van der Waals surface area contributed by atoms with Crippen molar-refractivity contribution in [2.75, 3.05) is 14.2 Å². The molecule has 0 spiro atoms. The van der Waals surface area contributed by atoms with Gasteiger partial charge in [-0.2, -0.15) is 0 Å². The number of esters is 1. The van der Waals surface area contributed by atoms with Gasteiger partial charge in [-0.3, -0.25) is 4.79 Å². The van der Waals surface area contributed by atoms with E-state index in [4.69, 9.17) is 9.47 Å². The number of ether oxygens (including phenoxy) is 2. The number of allylic oxidation sites excluding steroid dienone is 1. The van der Waals surface area contributed by atoms with Crippen LogP contribution < -0.4 is 4.74 Å². The molecule has 1 heterocycles. The maximum absolute atomic E-state index is 12.6. The third-order valence-corrected chi connectivity index (χ3v) is 4.79. The number of nitrogens with zero attached hydrogens (tertiary/aromatic N) is 1. The lowest BCUT2D eigenvalue weighted by Gasteiger charge is -2.38. The maximum atomic E-state index is 12.6. The first-order valence-corrected chi connectivity index (χ1v) is 8.86.